The van der Waals surface area contributed by atoms with Crippen molar-refractivity contribution in [1.29, 1.82) is 0 Å². The Balaban J connectivity index is 1.34. The molecule has 1 unspecified atom stereocenters. The highest BCUT2D eigenvalue weighted by atomic mass is 16.2. The number of anilines is 1. The van der Waals surface area contributed by atoms with E-state index >= 15 is 0 Å². The van der Waals surface area contributed by atoms with E-state index in [0.29, 0.717) is 26.2 Å². The highest BCUT2D eigenvalue weighted by Crippen LogP contribution is 2.23. The Hall–Kier alpha value is -3.03. The average Bonchev–Trinajstić information content (AvgIpc) is 3.10. The highest BCUT2D eigenvalue weighted by molar-refractivity contribution is 5.89. The fourth-order valence-electron chi connectivity index (χ4n) is 4.00. The third kappa shape index (κ3) is 4.21. The van der Waals surface area contributed by atoms with Crippen molar-refractivity contribution < 1.29 is 9.59 Å². The number of pyridine rings is 1. The largest absolute Gasteiger partial charge is 0.352 e. The summed E-state index contributed by atoms with van der Waals surface area (Å²) in [5.74, 6) is 0.736. The van der Waals surface area contributed by atoms with Crippen LogP contribution in [-0.4, -0.2) is 69.3 Å². The SMILES string of the molecule is Cc1cnc(C)c(N2CCN(C(=O)C3CC(=O)N(Cc4ccccn4)C3)CC2)n1. The lowest BCUT2D eigenvalue weighted by Crippen LogP contribution is -2.51. The first-order valence-electron chi connectivity index (χ1n) is 10.0. The van der Waals surface area contributed by atoms with E-state index in [1.54, 1.807) is 17.3 Å². The Morgan fingerprint density at radius 1 is 1.14 bits per heavy atom. The Labute approximate surface area is 170 Å². The van der Waals surface area contributed by atoms with Crippen molar-refractivity contribution in [3.8, 4) is 0 Å². The zero-order valence-electron chi connectivity index (χ0n) is 16.9. The highest BCUT2D eigenvalue weighted by Gasteiger charge is 2.37. The minimum absolute atomic E-state index is 0.0262. The Bertz CT molecular complexity index is 895. The van der Waals surface area contributed by atoms with Crippen molar-refractivity contribution in [2.45, 2.75) is 26.8 Å². The summed E-state index contributed by atoms with van der Waals surface area (Å²) < 4.78 is 0. The monoisotopic (exact) mass is 394 g/mol. The zero-order valence-corrected chi connectivity index (χ0v) is 16.9. The molecule has 4 heterocycles. The predicted octanol–water partition coefficient (Wildman–Crippen LogP) is 1.19. The van der Waals surface area contributed by atoms with Crippen LogP contribution in [0.2, 0.25) is 0 Å². The van der Waals surface area contributed by atoms with Crippen molar-refractivity contribution in [1.82, 2.24) is 24.8 Å². The predicted molar refractivity (Wildman–Crippen MR) is 108 cm³/mol. The van der Waals surface area contributed by atoms with Gasteiger partial charge in [0.15, 0.2) is 0 Å². The molecule has 8 heteroatoms. The molecule has 2 aromatic rings. The van der Waals surface area contributed by atoms with Crippen LogP contribution in [0, 0.1) is 19.8 Å². The van der Waals surface area contributed by atoms with Crippen molar-refractivity contribution >= 4 is 17.6 Å². The summed E-state index contributed by atoms with van der Waals surface area (Å²) in [7, 11) is 0. The molecule has 4 rings (SSSR count). The second-order valence-corrected chi connectivity index (χ2v) is 7.73. The molecule has 29 heavy (non-hydrogen) atoms. The van der Waals surface area contributed by atoms with Crippen LogP contribution in [0.25, 0.3) is 0 Å². The maximum Gasteiger partial charge on any atom is 0.228 e. The number of likely N-dealkylation sites (tertiary alicyclic amines) is 1. The number of carbonyl (C=O) groups excluding carboxylic acids is 2. The van der Waals surface area contributed by atoms with Gasteiger partial charge in [-0.25, -0.2) is 4.98 Å². The van der Waals surface area contributed by atoms with Crippen LogP contribution >= 0.6 is 0 Å². The lowest BCUT2D eigenvalue weighted by atomic mass is 10.1. The van der Waals surface area contributed by atoms with E-state index in [9.17, 15) is 9.59 Å². The minimum atomic E-state index is -0.266. The van der Waals surface area contributed by atoms with Gasteiger partial charge in [0.2, 0.25) is 11.8 Å². The number of hydrogen-bond donors (Lipinski definition) is 0. The number of rotatable bonds is 4. The van der Waals surface area contributed by atoms with E-state index in [1.807, 2.05) is 36.9 Å². The number of hydrogen-bond acceptors (Lipinski definition) is 6. The summed E-state index contributed by atoms with van der Waals surface area (Å²) in [6.45, 7) is 7.55. The quantitative estimate of drug-likeness (QED) is 0.775. The van der Waals surface area contributed by atoms with Crippen molar-refractivity contribution in [2.24, 2.45) is 5.92 Å². The summed E-state index contributed by atoms with van der Waals surface area (Å²) in [5, 5.41) is 0. The molecule has 2 aromatic heterocycles. The standard InChI is InChI=1S/C21H26N6O2/c1-15-12-23-16(2)20(24-15)25-7-9-26(10-8-25)21(29)17-11-19(28)27(13-17)14-18-5-3-4-6-22-18/h3-6,12,17H,7-11,13-14H2,1-2H3. The number of nitrogens with zero attached hydrogens (tertiary/aromatic N) is 6. The summed E-state index contributed by atoms with van der Waals surface area (Å²) in [5.41, 5.74) is 2.64. The van der Waals surface area contributed by atoms with Gasteiger partial charge < -0.3 is 14.7 Å². The fraction of sp³-hybridized carbons (Fsp3) is 0.476. The van der Waals surface area contributed by atoms with E-state index in [2.05, 4.69) is 19.9 Å². The molecule has 152 valence electrons. The van der Waals surface area contributed by atoms with E-state index in [0.717, 1.165) is 36.0 Å². The van der Waals surface area contributed by atoms with Gasteiger partial charge >= 0.3 is 0 Å². The van der Waals surface area contributed by atoms with Gasteiger partial charge in [0, 0.05) is 51.5 Å². The molecular weight excluding hydrogens is 368 g/mol. The molecular formula is C21H26N6O2. The second-order valence-electron chi connectivity index (χ2n) is 7.73. The third-order valence-corrected chi connectivity index (χ3v) is 5.58. The summed E-state index contributed by atoms with van der Waals surface area (Å²) in [6.07, 6.45) is 3.78. The summed E-state index contributed by atoms with van der Waals surface area (Å²) >= 11 is 0. The normalized spacial score (nSPS) is 19.7. The van der Waals surface area contributed by atoms with Crippen LogP contribution in [0.1, 0.15) is 23.5 Å². The van der Waals surface area contributed by atoms with Crippen molar-refractivity contribution in [3.05, 3.63) is 47.7 Å². The van der Waals surface area contributed by atoms with E-state index < -0.39 is 0 Å². The molecule has 0 aliphatic carbocycles. The Morgan fingerprint density at radius 2 is 1.93 bits per heavy atom. The topological polar surface area (TPSA) is 82.5 Å². The fourth-order valence-corrected chi connectivity index (χ4v) is 4.00. The van der Waals surface area contributed by atoms with Crippen LogP contribution in [0.4, 0.5) is 5.82 Å². The molecule has 0 N–H and O–H groups in total. The van der Waals surface area contributed by atoms with Gasteiger partial charge in [-0.2, -0.15) is 0 Å². The smallest absolute Gasteiger partial charge is 0.228 e. The molecule has 0 radical (unpaired) electrons. The van der Waals surface area contributed by atoms with Gasteiger partial charge in [0.25, 0.3) is 0 Å². The molecule has 1 atom stereocenters. The van der Waals surface area contributed by atoms with Gasteiger partial charge in [-0.15, -0.1) is 0 Å². The van der Waals surface area contributed by atoms with E-state index in [1.165, 1.54) is 0 Å². The van der Waals surface area contributed by atoms with Gasteiger partial charge in [0.05, 0.1) is 29.5 Å². The molecule has 8 nitrogen and oxygen atoms in total. The first-order chi connectivity index (χ1) is 14.0. The molecule has 2 amide bonds. The van der Waals surface area contributed by atoms with Crippen molar-refractivity contribution in [3.63, 3.8) is 0 Å². The lowest BCUT2D eigenvalue weighted by Gasteiger charge is -2.36. The van der Waals surface area contributed by atoms with Crippen LogP contribution < -0.4 is 4.90 Å². The Kier molecular flexibility index (Phi) is 5.42. The third-order valence-electron chi connectivity index (χ3n) is 5.58. The minimum Gasteiger partial charge on any atom is -0.352 e. The Morgan fingerprint density at radius 3 is 2.66 bits per heavy atom. The molecule has 0 spiro atoms. The van der Waals surface area contributed by atoms with Crippen LogP contribution in [0.5, 0.6) is 0 Å². The molecule has 0 bridgehead atoms. The van der Waals surface area contributed by atoms with E-state index in [-0.39, 0.29) is 24.2 Å². The zero-order chi connectivity index (χ0) is 20.4. The van der Waals surface area contributed by atoms with E-state index in [4.69, 9.17) is 0 Å². The maximum atomic E-state index is 13.0. The van der Waals surface area contributed by atoms with Gasteiger partial charge in [0.1, 0.15) is 5.82 Å². The molecule has 0 saturated carbocycles. The van der Waals surface area contributed by atoms with Crippen LogP contribution in [-0.2, 0) is 16.1 Å². The molecule has 2 aliphatic heterocycles. The molecule has 0 aromatic carbocycles. The first kappa shape index (κ1) is 19.3. The van der Waals surface area contributed by atoms with Crippen molar-refractivity contribution in [2.75, 3.05) is 37.6 Å². The molecule has 2 fully saturated rings. The van der Waals surface area contributed by atoms with Crippen LogP contribution in [0.3, 0.4) is 0 Å². The first-order valence-corrected chi connectivity index (χ1v) is 10.0. The summed E-state index contributed by atoms with van der Waals surface area (Å²) in [4.78, 5) is 44.5. The van der Waals surface area contributed by atoms with Gasteiger partial charge in [-0.1, -0.05) is 6.07 Å². The second kappa shape index (κ2) is 8.14. The molecule has 2 saturated heterocycles. The number of piperazine rings is 1. The van der Waals surface area contributed by atoms with Crippen LogP contribution in [0.15, 0.2) is 30.6 Å². The lowest BCUT2D eigenvalue weighted by molar-refractivity contribution is -0.136. The maximum absolute atomic E-state index is 13.0. The average molecular weight is 394 g/mol. The number of amides is 2. The molecule has 2 aliphatic rings. The number of aryl methyl sites for hydroxylation is 2. The van der Waals surface area contributed by atoms with Gasteiger partial charge in [-0.3, -0.25) is 19.6 Å². The number of carbonyl (C=O) groups is 2. The summed E-state index contributed by atoms with van der Waals surface area (Å²) in [6, 6.07) is 5.66. The van der Waals surface area contributed by atoms with Gasteiger partial charge in [-0.05, 0) is 26.0 Å². The number of aromatic nitrogens is 3.